The molecule has 0 atom stereocenters. The summed E-state index contributed by atoms with van der Waals surface area (Å²) in [4.78, 5) is 21.6. The Bertz CT molecular complexity index is 373. The van der Waals surface area contributed by atoms with Crippen LogP contribution in [0.25, 0.3) is 0 Å². The zero-order valence-electron chi connectivity index (χ0n) is 7.45. The van der Waals surface area contributed by atoms with Gasteiger partial charge in [0.25, 0.3) is 5.91 Å². The van der Waals surface area contributed by atoms with E-state index in [0.29, 0.717) is 5.69 Å². The highest BCUT2D eigenvalue weighted by Gasteiger charge is 2.11. The lowest BCUT2D eigenvalue weighted by molar-refractivity contribution is -0.135. The fourth-order valence-corrected chi connectivity index (χ4v) is 1.52. The van der Waals surface area contributed by atoms with E-state index in [1.54, 1.807) is 23.9 Å². The molecule has 0 fully saturated rings. The molecule has 0 aliphatic carbocycles. The predicted octanol–water partition coefficient (Wildman–Crippen LogP) is 0.602. The van der Waals surface area contributed by atoms with Crippen molar-refractivity contribution in [1.82, 2.24) is 9.88 Å². The van der Waals surface area contributed by atoms with E-state index in [1.807, 2.05) is 0 Å². The number of hydrogen-bond donors (Lipinski definition) is 2. The van der Waals surface area contributed by atoms with Crippen molar-refractivity contribution in [1.29, 1.82) is 0 Å². The molecular weight excluding hydrogens is 252 g/mol. The Labute approximate surface area is 88.8 Å². The van der Waals surface area contributed by atoms with E-state index < -0.39 is 11.9 Å². The smallest absolute Gasteiger partial charge is 0.322 e. The number of aryl methyl sites for hydroxylation is 1. The van der Waals surface area contributed by atoms with Crippen molar-refractivity contribution in [2.45, 2.75) is 0 Å². The Morgan fingerprint density at radius 1 is 1.64 bits per heavy atom. The number of halogens is 1. The van der Waals surface area contributed by atoms with E-state index in [2.05, 4.69) is 21.2 Å². The molecule has 1 rings (SSSR count). The maximum absolute atomic E-state index is 11.4. The average Bonchev–Trinajstić information content (AvgIpc) is 2.41. The van der Waals surface area contributed by atoms with Crippen LogP contribution in [-0.2, 0) is 11.8 Å². The zero-order valence-corrected chi connectivity index (χ0v) is 9.04. The van der Waals surface area contributed by atoms with Crippen LogP contribution >= 0.6 is 15.9 Å². The summed E-state index contributed by atoms with van der Waals surface area (Å²) in [6.45, 7) is -0.373. The molecule has 1 aromatic rings. The van der Waals surface area contributed by atoms with Gasteiger partial charge in [-0.05, 0) is 22.0 Å². The van der Waals surface area contributed by atoms with Crippen molar-refractivity contribution in [2.24, 2.45) is 7.05 Å². The van der Waals surface area contributed by atoms with Gasteiger partial charge in [0.1, 0.15) is 12.2 Å². The molecule has 0 bridgehead atoms. The molecule has 76 valence electrons. The molecule has 2 N–H and O–H groups in total. The van der Waals surface area contributed by atoms with Gasteiger partial charge in [0.15, 0.2) is 0 Å². The van der Waals surface area contributed by atoms with Gasteiger partial charge in [-0.1, -0.05) is 0 Å². The van der Waals surface area contributed by atoms with Crippen molar-refractivity contribution in [2.75, 3.05) is 6.54 Å². The van der Waals surface area contributed by atoms with Gasteiger partial charge in [0.05, 0.1) is 0 Å². The second kappa shape index (κ2) is 4.28. The number of rotatable bonds is 3. The standard InChI is InChI=1S/C8H9BrN2O3/c1-11-4-5(9)2-6(11)8(14)10-3-7(12)13/h2,4H,3H2,1H3,(H,10,14)(H,12,13). The predicted molar refractivity (Wildman–Crippen MR) is 53.1 cm³/mol. The van der Waals surface area contributed by atoms with E-state index in [9.17, 15) is 9.59 Å². The normalized spacial score (nSPS) is 9.86. The van der Waals surface area contributed by atoms with Crippen LogP contribution in [0.3, 0.4) is 0 Å². The molecule has 0 saturated carbocycles. The van der Waals surface area contributed by atoms with Crippen LogP contribution in [0.5, 0.6) is 0 Å². The maximum Gasteiger partial charge on any atom is 0.322 e. The van der Waals surface area contributed by atoms with Crippen molar-refractivity contribution in [3.63, 3.8) is 0 Å². The minimum absolute atomic E-state index is 0.373. The molecule has 0 spiro atoms. The molecule has 0 aromatic carbocycles. The number of carboxylic acid groups (broad SMARTS) is 1. The molecule has 5 nitrogen and oxygen atoms in total. The third kappa shape index (κ3) is 2.59. The van der Waals surface area contributed by atoms with Crippen LogP contribution in [-0.4, -0.2) is 28.1 Å². The number of nitrogens with zero attached hydrogens (tertiary/aromatic N) is 1. The highest BCUT2D eigenvalue weighted by Crippen LogP contribution is 2.13. The van der Waals surface area contributed by atoms with Crippen LogP contribution < -0.4 is 5.32 Å². The SMILES string of the molecule is Cn1cc(Br)cc1C(=O)NCC(=O)O. The number of carboxylic acids is 1. The fourth-order valence-electron chi connectivity index (χ4n) is 0.996. The summed E-state index contributed by atoms with van der Waals surface area (Å²) in [5, 5.41) is 10.6. The van der Waals surface area contributed by atoms with Gasteiger partial charge in [-0.2, -0.15) is 0 Å². The number of nitrogens with one attached hydrogen (secondary N) is 1. The Kier molecular flexibility index (Phi) is 3.29. The largest absolute Gasteiger partial charge is 0.480 e. The molecule has 0 unspecified atom stereocenters. The molecule has 1 amide bonds. The van der Waals surface area contributed by atoms with Gasteiger partial charge in [0, 0.05) is 17.7 Å². The maximum atomic E-state index is 11.4. The Hall–Kier alpha value is -1.30. The molecule has 0 saturated heterocycles. The van der Waals surface area contributed by atoms with Crippen molar-refractivity contribution < 1.29 is 14.7 Å². The van der Waals surface area contributed by atoms with Crippen LogP contribution in [0, 0.1) is 0 Å². The first-order chi connectivity index (χ1) is 6.50. The van der Waals surface area contributed by atoms with Gasteiger partial charge in [0.2, 0.25) is 0 Å². The lowest BCUT2D eigenvalue weighted by atomic mass is 10.4. The van der Waals surface area contributed by atoms with Gasteiger partial charge in [-0.25, -0.2) is 0 Å². The monoisotopic (exact) mass is 260 g/mol. The topological polar surface area (TPSA) is 71.3 Å². The summed E-state index contributed by atoms with van der Waals surface area (Å²) < 4.78 is 2.39. The first kappa shape index (κ1) is 10.8. The first-order valence-electron chi connectivity index (χ1n) is 3.82. The Morgan fingerprint density at radius 3 is 2.71 bits per heavy atom. The molecule has 14 heavy (non-hydrogen) atoms. The van der Waals surface area contributed by atoms with Crippen molar-refractivity contribution in [3.8, 4) is 0 Å². The second-order valence-electron chi connectivity index (χ2n) is 2.73. The van der Waals surface area contributed by atoms with E-state index >= 15 is 0 Å². The summed E-state index contributed by atoms with van der Waals surface area (Å²) in [5.41, 5.74) is 0.415. The summed E-state index contributed by atoms with van der Waals surface area (Å²) in [7, 11) is 1.71. The molecular formula is C8H9BrN2O3. The number of carbonyl (C=O) groups is 2. The molecule has 1 heterocycles. The molecule has 0 radical (unpaired) electrons. The fraction of sp³-hybridized carbons (Fsp3) is 0.250. The van der Waals surface area contributed by atoms with Gasteiger partial charge < -0.3 is 15.0 Å². The van der Waals surface area contributed by atoms with Gasteiger partial charge in [-0.15, -0.1) is 0 Å². The molecule has 0 aliphatic heterocycles. The summed E-state index contributed by atoms with van der Waals surface area (Å²) in [6, 6.07) is 1.62. The average molecular weight is 261 g/mol. The van der Waals surface area contributed by atoms with E-state index in [0.717, 1.165) is 4.47 Å². The highest BCUT2D eigenvalue weighted by atomic mass is 79.9. The van der Waals surface area contributed by atoms with Crippen LogP contribution in [0.15, 0.2) is 16.7 Å². The number of hydrogen-bond acceptors (Lipinski definition) is 2. The van der Waals surface area contributed by atoms with Crippen LogP contribution in [0.1, 0.15) is 10.5 Å². The first-order valence-corrected chi connectivity index (χ1v) is 4.62. The molecule has 1 aromatic heterocycles. The lowest BCUT2D eigenvalue weighted by Gasteiger charge is -2.02. The zero-order chi connectivity index (χ0) is 10.7. The highest BCUT2D eigenvalue weighted by molar-refractivity contribution is 9.10. The number of aromatic nitrogens is 1. The van der Waals surface area contributed by atoms with Crippen LogP contribution in [0.4, 0.5) is 0 Å². The van der Waals surface area contributed by atoms with Crippen molar-refractivity contribution in [3.05, 3.63) is 22.4 Å². The Balaban J connectivity index is 2.69. The van der Waals surface area contributed by atoms with E-state index in [-0.39, 0.29) is 6.54 Å². The minimum Gasteiger partial charge on any atom is -0.480 e. The van der Waals surface area contributed by atoms with Gasteiger partial charge >= 0.3 is 5.97 Å². The lowest BCUT2D eigenvalue weighted by Crippen LogP contribution is -2.30. The third-order valence-corrected chi connectivity index (χ3v) is 2.04. The molecule has 0 aliphatic rings. The number of amides is 1. The van der Waals surface area contributed by atoms with E-state index in [1.165, 1.54) is 0 Å². The molecule has 6 heteroatoms. The summed E-state index contributed by atoms with van der Waals surface area (Å²) >= 11 is 3.21. The number of carbonyl (C=O) groups excluding carboxylic acids is 1. The minimum atomic E-state index is -1.06. The third-order valence-electron chi connectivity index (χ3n) is 1.60. The van der Waals surface area contributed by atoms with Crippen LogP contribution in [0.2, 0.25) is 0 Å². The quantitative estimate of drug-likeness (QED) is 0.837. The second-order valence-corrected chi connectivity index (χ2v) is 3.65. The summed E-state index contributed by atoms with van der Waals surface area (Å²) in [5.74, 6) is -1.47. The number of aliphatic carboxylic acids is 1. The van der Waals surface area contributed by atoms with Gasteiger partial charge in [-0.3, -0.25) is 9.59 Å². The van der Waals surface area contributed by atoms with Crippen molar-refractivity contribution >= 4 is 27.8 Å². The Morgan fingerprint density at radius 2 is 2.29 bits per heavy atom. The summed E-state index contributed by atoms with van der Waals surface area (Å²) in [6.07, 6.45) is 1.72. The van der Waals surface area contributed by atoms with E-state index in [4.69, 9.17) is 5.11 Å².